The summed E-state index contributed by atoms with van der Waals surface area (Å²) in [7, 11) is 0. The number of hydrogen-bond acceptors (Lipinski definition) is 4. The van der Waals surface area contributed by atoms with Crippen LogP contribution in [0.15, 0.2) is 29.4 Å². The predicted molar refractivity (Wildman–Crippen MR) is 96.9 cm³/mol. The van der Waals surface area contributed by atoms with Gasteiger partial charge in [0.1, 0.15) is 5.15 Å². The van der Waals surface area contributed by atoms with Crippen LogP contribution in [0.1, 0.15) is 17.5 Å². The molecule has 4 N–H and O–H groups in total. The fourth-order valence-electron chi connectivity index (χ4n) is 2.01. The molecular weight excluding hydrogens is 332 g/mol. The summed E-state index contributed by atoms with van der Waals surface area (Å²) in [5, 5.41) is 5.29. The summed E-state index contributed by atoms with van der Waals surface area (Å²) in [5.74, 6) is 0.696. The number of fused-ring (bicyclic) bond motifs is 1. The summed E-state index contributed by atoms with van der Waals surface area (Å²) in [6.45, 7) is 2.01. The van der Waals surface area contributed by atoms with E-state index in [1.165, 1.54) is 6.21 Å². The zero-order chi connectivity index (χ0) is 16.8. The second-order valence-corrected chi connectivity index (χ2v) is 6.62. The first-order valence-electron chi connectivity index (χ1n) is 7.23. The molecule has 0 saturated heterocycles. The zero-order valence-electron chi connectivity index (χ0n) is 13.2. The second-order valence-electron chi connectivity index (χ2n) is 5.28. The van der Waals surface area contributed by atoms with Crippen LogP contribution in [0.25, 0.3) is 10.9 Å². The molecule has 0 radical (unpaired) electrons. The molecule has 23 heavy (non-hydrogen) atoms. The average molecular weight is 352 g/mol. The van der Waals surface area contributed by atoms with E-state index in [-0.39, 0.29) is 11.9 Å². The highest BCUT2D eigenvalue weighted by atomic mass is 35.5. The third kappa shape index (κ3) is 4.92. The smallest absolute Gasteiger partial charge is 0.298 e. The molecule has 0 saturated carbocycles. The van der Waals surface area contributed by atoms with Gasteiger partial charge in [-0.1, -0.05) is 23.7 Å². The molecule has 0 aliphatic carbocycles. The van der Waals surface area contributed by atoms with Crippen molar-refractivity contribution in [3.8, 4) is 0 Å². The second kappa shape index (κ2) is 8.29. The van der Waals surface area contributed by atoms with Gasteiger partial charge in [-0.25, -0.2) is 10.4 Å². The average Bonchev–Trinajstić information content (AvgIpc) is 2.53. The lowest BCUT2D eigenvalue weighted by Crippen LogP contribution is -2.67. The zero-order valence-corrected chi connectivity index (χ0v) is 14.7. The standard InChI is InChI=1S/C16H19ClN4OS/c1-10-3-4-11-8-12(15(17)20-14(11)7-10)9-19-21-16(22)13(18)5-6-23-2/h3-4,7-9,13H,5-6,18H2,1-2H3,(H,21,22)/p+1/b19-9-/t13-/m1/s1. The van der Waals surface area contributed by atoms with Crippen LogP contribution >= 0.6 is 23.4 Å². The number of thioether (sulfide) groups is 1. The predicted octanol–water partition coefficient (Wildman–Crippen LogP) is 2.01. The van der Waals surface area contributed by atoms with E-state index in [1.54, 1.807) is 11.8 Å². The van der Waals surface area contributed by atoms with Gasteiger partial charge in [-0.3, -0.25) is 4.79 Å². The van der Waals surface area contributed by atoms with E-state index in [0.29, 0.717) is 10.7 Å². The van der Waals surface area contributed by atoms with Crippen molar-refractivity contribution in [1.29, 1.82) is 0 Å². The highest BCUT2D eigenvalue weighted by molar-refractivity contribution is 7.98. The van der Waals surface area contributed by atoms with E-state index < -0.39 is 0 Å². The topological polar surface area (TPSA) is 82.0 Å². The van der Waals surface area contributed by atoms with Crippen molar-refractivity contribution in [2.24, 2.45) is 5.10 Å². The Morgan fingerprint density at radius 1 is 1.52 bits per heavy atom. The molecule has 2 rings (SSSR count). The number of aromatic nitrogens is 1. The minimum absolute atomic E-state index is 0.198. The lowest BCUT2D eigenvalue weighted by atomic mass is 10.1. The highest BCUT2D eigenvalue weighted by Crippen LogP contribution is 2.20. The van der Waals surface area contributed by atoms with Gasteiger partial charge in [0, 0.05) is 17.4 Å². The van der Waals surface area contributed by atoms with Crippen molar-refractivity contribution in [1.82, 2.24) is 10.4 Å². The van der Waals surface area contributed by atoms with Crippen LogP contribution < -0.4 is 11.2 Å². The summed E-state index contributed by atoms with van der Waals surface area (Å²) >= 11 is 7.86. The van der Waals surface area contributed by atoms with Crippen molar-refractivity contribution in [3.63, 3.8) is 0 Å². The minimum Gasteiger partial charge on any atom is -0.347 e. The van der Waals surface area contributed by atoms with Gasteiger partial charge >= 0.3 is 0 Å². The molecule has 7 heteroatoms. The molecule has 0 fully saturated rings. The maximum absolute atomic E-state index is 11.8. The summed E-state index contributed by atoms with van der Waals surface area (Å²) in [6.07, 6.45) is 4.23. The molecule has 2 aromatic rings. The van der Waals surface area contributed by atoms with E-state index in [9.17, 15) is 4.79 Å². The first kappa shape index (κ1) is 17.7. The Labute approximate surface area is 144 Å². The molecule has 1 aromatic heterocycles. The van der Waals surface area contributed by atoms with Crippen molar-refractivity contribution < 1.29 is 10.5 Å². The Balaban J connectivity index is 2.07. The third-order valence-electron chi connectivity index (χ3n) is 3.37. The lowest BCUT2D eigenvalue weighted by molar-refractivity contribution is -0.403. The van der Waals surface area contributed by atoms with Gasteiger partial charge in [-0.2, -0.15) is 16.9 Å². The molecule has 0 unspecified atom stereocenters. The molecular formula is C16H20ClN4OS+. The Kier molecular flexibility index (Phi) is 6.38. The summed E-state index contributed by atoms with van der Waals surface area (Å²) in [4.78, 5) is 16.2. The molecule has 0 aliphatic rings. The number of halogens is 1. The quantitative estimate of drug-likeness (QED) is 0.474. The fraction of sp³-hybridized carbons (Fsp3) is 0.312. The summed E-state index contributed by atoms with van der Waals surface area (Å²) in [5.41, 5.74) is 8.95. The van der Waals surface area contributed by atoms with E-state index in [2.05, 4.69) is 21.2 Å². The van der Waals surface area contributed by atoms with Crippen LogP contribution in [-0.4, -0.2) is 35.2 Å². The van der Waals surface area contributed by atoms with E-state index in [1.807, 2.05) is 37.4 Å². The van der Waals surface area contributed by atoms with Crippen LogP contribution in [0.4, 0.5) is 0 Å². The van der Waals surface area contributed by atoms with Gasteiger partial charge in [0.05, 0.1) is 11.7 Å². The third-order valence-corrected chi connectivity index (χ3v) is 4.32. The number of rotatable bonds is 6. The number of pyridine rings is 1. The number of nitrogens with one attached hydrogen (secondary N) is 1. The van der Waals surface area contributed by atoms with Crippen LogP contribution in [0.5, 0.6) is 0 Å². The molecule has 1 heterocycles. The van der Waals surface area contributed by atoms with Gasteiger partial charge in [0.25, 0.3) is 5.91 Å². The van der Waals surface area contributed by atoms with Gasteiger partial charge < -0.3 is 5.73 Å². The maximum atomic E-state index is 11.8. The summed E-state index contributed by atoms with van der Waals surface area (Å²) < 4.78 is 0. The summed E-state index contributed by atoms with van der Waals surface area (Å²) in [6, 6.07) is 7.56. The molecule has 1 atom stereocenters. The largest absolute Gasteiger partial charge is 0.347 e. The number of quaternary nitrogens is 1. The Morgan fingerprint density at radius 3 is 3.04 bits per heavy atom. The SMILES string of the molecule is CSCC[C@@H]([NH3+])C(=O)N/N=C\c1cc2ccc(C)cc2nc1Cl. The van der Waals surface area contributed by atoms with Gasteiger partial charge in [0.2, 0.25) is 0 Å². The van der Waals surface area contributed by atoms with Crippen LogP contribution in [0.2, 0.25) is 5.15 Å². The number of carbonyl (C=O) groups excluding carboxylic acids is 1. The first-order valence-corrected chi connectivity index (χ1v) is 9.00. The number of nitrogens with zero attached hydrogens (tertiary/aromatic N) is 2. The Hall–Kier alpha value is -1.63. The van der Waals surface area contributed by atoms with E-state index in [4.69, 9.17) is 11.6 Å². The monoisotopic (exact) mass is 351 g/mol. The molecule has 5 nitrogen and oxygen atoms in total. The molecule has 0 aliphatic heterocycles. The van der Waals surface area contributed by atoms with Gasteiger partial charge in [0.15, 0.2) is 6.04 Å². The highest BCUT2D eigenvalue weighted by Gasteiger charge is 2.15. The number of amides is 1. The van der Waals surface area contributed by atoms with E-state index in [0.717, 1.165) is 28.6 Å². The molecule has 1 aromatic carbocycles. The van der Waals surface area contributed by atoms with Crippen molar-refractivity contribution in [2.75, 3.05) is 12.0 Å². The molecule has 122 valence electrons. The van der Waals surface area contributed by atoms with Crippen LogP contribution in [0.3, 0.4) is 0 Å². The first-order chi connectivity index (χ1) is 11.0. The van der Waals surface area contributed by atoms with E-state index >= 15 is 0 Å². The molecule has 0 bridgehead atoms. The number of hydrogen-bond donors (Lipinski definition) is 2. The van der Waals surface area contributed by atoms with Gasteiger partial charge in [-0.15, -0.1) is 0 Å². The maximum Gasteiger partial charge on any atom is 0.298 e. The number of benzene rings is 1. The molecule has 0 spiro atoms. The Bertz CT molecular complexity index is 735. The van der Waals surface area contributed by atoms with Crippen molar-refractivity contribution >= 4 is 46.4 Å². The minimum atomic E-state index is -0.312. The van der Waals surface area contributed by atoms with Gasteiger partial charge in [-0.05, 0) is 36.6 Å². The lowest BCUT2D eigenvalue weighted by Gasteiger charge is -2.06. The fourth-order valence-corrected chi connectivity index (χ4v) is 2.72. The number of hydrazone groups is 1. The van der Waals surface area contributed by atoms with Crippen molar-refractivity contribution in [3.05, 3.63) is 40.5 Å². The number of aryl methyl sites for hydroxylation is 1. The number of carbonyl (C=O) groups is 1. The Morgan fingerprint density at radius 2 is 2.30 bits per heavy atom. The molecule has 1 amide bonds. The van der Waals surface area contributed by atoms with Crippen LogP contribution in [0, 0.1) is 6.92 Å². The van der Waals surface area contributed by atoms with Crippen molar-refractivity contribution in [2.45, 2.75) is 19.4 Å². The normalized spacial score (nSPS) is 12.7. The van der Waals surface area contributed by atoms with Crippen LogP contribution in [-0.2, 0) is 4.79 Å².